The summed E-state index contributed by atoms with van der Waals surface area (Å²) in [4.78, 5) is 14.3. The van der Waals surface area contributed by atoms with E-state index in [1.165, 1.54) is 6.42 Å². The van der Waals surface area contributed by atoms with E-state index in [-0.39, 0.29) is 11.9 Å². The second-order valence-electron chi connectivity index (χ2n) is 6.61. The summed E-state index contributed by atoms with van der Waals surface area (Å²) in [6.45, 7) is 6.30. The van der Waals surface area contributed by atoms with Gasteiger partial charge in [0.25, 0.3) is 0 Å². The number of hydrogen-bond acceptors (Lipinski definition) is 4. The number of hydrogen-bond donors (Lipinski definition) is 1. The smallest absolute Gasteiger partial charge is 0.236 e. The molecule has 0 aliphatic carbocycles. The lowest BCUT2D eigenvalue weighted by Crippen LogP contribution is -2.43. The molecular weight excluding hydrogens is 302 g/mol. The van der Waals surface area contributed by atoms with Crippen molar-refractivity contribution in [1.82, 2.24) is 25.2 Å². The molecule has 24 heavy (non-hydrogen) atoms. The number of amides is 1. The Morgan fingerprint density at radius 2 is 2.17 bits per heavy atom. The van der Waals surface area contributed by atoms with Crippen molar-refractivity contribution in [2.75, 3.05) is 19.6 Å². The normalized spacial score (nSPS) is 19.2. The molecule has 2 heterocycles. The molecule has 2 atom stereocenters. The van der Waals surface area contributed by atoms with Gasteiger partial charge in [-0.2, -0.15) is 0 Å². The van der Waals surface area contributed by atoms with Gasteiger partial charge in [0, 0.05) is 13.1 Å². The Bertz CT molecular complexity index is 669. The molecule has 1 aromatic heterocycles. The number of aromatic nitrogens is 3. The van der Waals surface area contributed by atoms with Gasteiger partial charge in [-0.3, -0.25) is 4.79 Å². The fraction of sp³-hybridized carbons (Fsp3) is 0.500. The van der Waals surface area contributed by atoms with E-state index in [2.05, 4.69) is 22.6 Å². The molecule has 1 N–H and O–H groups in total. The number of nitrogens with one attached hydrogen (secondary N) is 1. The minimum atomic E-state index is -0.0198. The van der Waals surface area contributed by atoms with Gasteiger partial charge < -0.3 is 10.2 Å². The van der Waals surface area contributed by atoms with Gasteiger partial charge in [-0.25, -0.2) is 4.68 Å². The Balaban J connectivity index is 1.54. The molecule has 0 bridgehead atoms. The van der Waals surface area contributed by atoms with E-state index < -0.39 is 0 Å². The zero-order valence-electron chi connectivity index (χ0n) is 14.4. The zero-order chi connectivity index (χ0) is 16.9. The molecule has 1 aliphatic rings. The van der Waals surface area contributed by atoms with Crippen LogP contribution in [0.15, 0.2) is 36.5 Å². The van der Waals surface area contributed by atoms with Crippen molar-refractivity contribution in [3.63, 3.8) is 0 Å². The summed E-state index contributed by atoms with van der Waals surface area (Å²) in [5.41, 5.74) is 1.81. The van der Waals surface area contributed by atoms with Gasteiger partial charge in [-0.15, -0.1) is 5.10 Å². The third kappa shape index (κ3) is 4.00. The van der Waals surface area contributed by atoms with Gasteiger partial charge in [-0.1, -0.05) is 30.3 Å². The van der Waals surface area contributed by atoms with Gasteiger partial charge >= 0.3 is 0 Å². The highest BCUT2D eigenvalue weighted by Crippen LogP contribution is 2.16. The lowest BCUT2D eigenvalue weighted by atomic mass is 10.0. The highest BCUT2D eigenvalue weighted by molar-refractivity contribution is 5.78. The SMILES string of the molecule is C[C@H]1CCCN(C(=O)CN[C@@H](C)c2cn(-c3ccccc3)nn2)C1. The summed E-state index contributed by atoms with van der Waals surface area (Å²) < 4.78 is 1.75. The van der Waals surface area contributed by atoms with Gasteiger partial charge in [0.15, 0.2) is 0 Å². The van der Waals surface area contributed by atoms with E-state index >= 15 is 0 Å². The molecule has 0 saturated carbocycles. The molecular formula is C18H25N5O. The van der Waals surface area contributed by atoms with Crippen LogP contribution in [0.5, 0.6) is 0 Å². The Hall–Kier alpha value is -2.21. The number of nitrogens with zero attached hydrogens (tertiary/aromatic N) is 4. The summed E-state index contributed by atoms with van der Waals surface area (Å²) >= 11 is 0. The molecule has 6 nitrogen and oxygen atoms in total. The van der Waals surface area contributed by atoms with Gasteiger partial charge in [0.1, 0.15) is 0 Å². The van der Waals surface area contributed by atoms with Crippen LogP contribution >= 0.6 is 0 Å². The lowest BCUT2D eigenvalue weighted by Gasteiger charge is -2.31. The molecule has 0 spiro atoms. The van der Waals surface area contributed by atoms with Crippen molar-refractivity contribution in [3.05, 3.63) is 42.2 Å². The maximum Gasteiger partial charge on any atom is 0.236 e. The van der Waals surface area contributed by atoms with Crippen molar-refractivity contribution in [2.45, 2.75) is 32.7 Å². The lowest BCUT2D eigenvalue weighted by molar-refractivity contribution is -0.132. The quantitative estimate of drug-likeness (QED) is 0.914. The van der Waals surface area contributed by atoms with E-state index in [1.807, 2.05) is 48.4 Å². The second-order valence-corrected chi connectivity index (χ2v) is 6.61. The average Bonchev–Trinajstić information content (AvgIpc) is 3.10. The monoisotopic (exact) mass is 327 g/mol. The molecule has 128 valence electrons. The van der Waals surface area contributed by atoms with E-state index in [0.29, 0.717) is 12.5 Å². The molecule has 1 amide bonds. The Morgan fingerprint density at radius 3 is 2.92 bits per heavy atom. The van der Waals surface area contributed by atoms with E-state index in [9.17, 15) is 4.79 Å². The maximum absolute atomic E-state index is 12.3. The molecule has 1 aliphatic heterocycles. The third-order valence-electron chi connectivity index (χ3n) is 4.54. The minimum Gasteiger partial charge on any atom is -0.341 e. The number of piperidine rings is 1. The largest absolute Gasteiger partial charge is 0.341 e. The fourth-order valence-corrected chi connectivity index (χ4v) is 3.05. The van der Waals surface area contributed by atoms with Crippen LogP contribution in [0.25, 0.3) is 5.69 Å². The number of carbonyl (C=O) groups excluding carboxylic acids is 1. The Morgan fingerprint density at radius 1 is 1.38 bits per heavy atom. The van der Waals surface area contributed by atoms with Gasteiger partial charge in [0.05, 0.1) is 30.2 Å². The first-order valence-corrected chi connectivity index (χ1v) is 8.62. The highest BCUT2D eigenvalue weighted by Gasteiger charge is 2.21. The Labute approximate surface area is 142 Å². The van der Waals surface area contributed by atoms with Gasteiger partial charge in [0.2, 0.25) is 5.91 Å². The molecule has 1 aromatic carbocycles. The van der Waals surface area contributed by atoms with Crippen molar-refractivity contribution < 1.29 is 4.79 Å². The zero-order valence-corrected chi connectivity index (χ0v) is 14.4. The predicted molar refractivity (Wildman–Crippen MR) is 92.8 cm³/mol. The van der Waals surface area contributed by atoms with Crippen LogP contribution in [0.2, 0.25) is 0 Å². The molecule has 3 rings (SSSR count). The topological polar surface area (TPSA) is 63.1 Å². The summed E-state index contributed by atoms with van der Waals surface area (Å²) in [5, 5.41) is 11.7. The Kier molecular flexibility index (Phi) is 5.25. The van der Waals surface area contributed by atoms with Crippen LogP contribution in [-0.2, 0) is 4.79 Å². The summed E-state index contributed by atoms with van der Waals surface area (Å²) in [6, 6.07) is 9.86. The first kappa shape index (κ1) is 16.6. The number of benzene rings is 1. The first-order chi connectivity index (χ1) is 11.6. The van der Waals surface area contributed by atoms with Crippen LogP contribution in [0, 0.1) is 5.92 Å². The second kappa shape index (κ2) is 7.57. The molecule has 1 saturated heterocycles. The molecule has 0 unspecified atom stereocenters. The van der Waals surface area contributed by atoms with Crippen LogP contribution in [0.1, 0.15) is 38.4 Å². The molecule has 0 radical (unpaired) electrons. The van der Waals surface area contributed by atoms with E-state index in [4.69, 9.17) is 0 Å². The maximum atomic E-state index is 12.3. The first-order valence-electron chi connectivity index (χ1n) is 8.62. The van der Waals surface area contributed by atoms with Crippen molar-refractivity contribution in [2.24, 2.45) is 5.92 Å². The number of likely N-dealkylation sites (tertiary alicyclic amines) is 1. The van der Waals surface area contributed by atoms with E-state index in [1.54, 1.807) is 4.68 Å². The van der Waals surface area contributed by atoms with Crippen LogP contribution in [0.3, 0.4) is 0 Å². The number of rotatable bonds is 5. The predicted octanol–water partition coefficient (Wildman–Crippen LogP) is 2.18. The number of para-hydroxylation sites is 1. The number of carbonyl (C=O) groups is 1. The van der Waals surface area contributed by atoms with Crippen LogP contribution < -0.4 is 5.32 Å². The summed E-state index contributed by atoms with van der Waals surface area (Å²) in [7, 11) is 0. The standard InChI is InChI=1S/C18H25N5O/c1-14-7-6-10-22(12-14)18(24)11-19-15(2)17-13-23(21-20-17)16-8-4-3-5-9-16/h3-5,8-9,13-15,19H,6-7,10-12H2,1-2H3/t14-,15-/m0/s1. The summed E-state index contributed by atoms with van der Waals surface area (Å²) in [5.74, 6) is 0.773. The summed E-state index contributed by atoms with van der Waals surface area (Å²) in [6.07, 6.45) is 4.23. The fourth-order valence-electron chi connectivity index (χ4n) is 3.05. The van der Waals surface area contributed by atoms with Crippen molar-refractivity contribution in [3.8, 4) is 5.69 Å². The van der Waals surface area contributed by atoms with Crippen LogP contribution in [-0.4, -0.2) is 45.4 Å². The highest BCUT2D eigenvalue weighted by atomic mass is 16.2. The van der Waals surface area contributed by atoms with Gasteiger partial charge in [-0.05, 0) is 37.8 Å². The van der Waals surface area contributed by atoms with E-state index in [0.717, 1.165) is 30.9 Å². The molecule has 1 fully saturated rings. The molecule has 2 aromatic rings. The average molecular weight is 327 g/mol. The van der Waals surface area contributed by atoms with Crippen molar-refractivity contribution in [1.29, 1.82) is 0 Å². The van der Waals surface area contributed by atoms with Crippen molar-refractivity contribution >= 4 is 5.91 Å². The molecule has 6 heteroatoms. The van der Waals surface area contributed by atoms with Crippen LogP contribution in [0.4, 0.5) is 0 Å². The minimum absolute atomic E-state index is 0.0198. The third-order valence-corrected chi connectivity index (χ3v) is 4.54.